The van der Waals surface area contributed by atoms with Crippen LogP contribution in [0.2, 0.25) is 0 Å². The van der Waals surface area contributed by atoms with Crippen LogP contribution in [0.4, 0.5) is 13.2 Å². The highest BCUT2D eigenvalue weighted by molar-refractivity contribution is 5.81. The largest absolute Gasteiger partial charge is 0.493 e. The van der Waals surface area contributed by atoms with E-state index < -0.39 is 24.8 Å². The summed E-state index contributed by atoms with van der Waals surface area (Å²) in [5.74, 6) is 0.502. The number of hydrogen-bond acceptors (Lipinski definition) is 3. The smallest absolute Gasteiger partial charge is 0.389 e. The van der Waals surface area contributed by atoms with Crippen LogP contribution < -0.4 is 9.47 Å². The van der Waals surface area contributed by atoms with Gasteiger partial charge in [-0.1, -0.05) is 6.07 Å². The van der Waals surface area contributed by atoms with E-state index in [2.05, 4.69) is 0 Å². The summed E-state index contributed by atoms with van der Waals surface area (Å²) in [4.78, 5) is 11.4. The van der Waals surface area contributed by atoms with Crippen LogP contribution in [0, 0.1) is 0 Å². The summed E-state index contributed by atoms with van der Waals surface area (Å²) in [6.45, 7) is 0. The molecule has 19 heavy (non-hydrogen) atoms. The van der Waals surface area contributed by atoms with Crippen molar-refractivity contribution in [2.24, 2.45) is 0 Å². The zero-order chi connectivity index (χ0) is 14.5. The number of methoxy groups -OCH3 is 2. The molecule has 0 saturated carbocycles. The number of halogens is 3. The van der Waals surface area contributed by atoms with Crippen LogP contribution in [-0.2, 0) is 11.2 Å². The van der Waals surface area contributed by atoms with Gasteiger partial charge in [0.2, 0.25) is 0 Å². The molecule has 0 spiro atoms. The number of hydrogen-bond donors (Lipinski definition) is 0. The van der Waals surface area contributed by atoms with E-state index >= 15 is 0 Å². The van der Waals surface area contributed by atoms with Crippen molar-refractivity contribution in [2.75, 3.05) is 14.2 Å². The van der Waals surface area contributed by atoms with E-state index in [9.17, 15) is 18.0 Å². The fraction of sp³-hybridized carbons (Fsp3) is 0.462. The maximum Gasteiger partial charge on any atom is 0.389 e. The van der Waals surface area contributed by atoms with Crippen LogP contribution in [0.1, 0.15) is 18.4 Å². The number of rotatable bonds is 6. The molecule has 106 valence electrons. The number of carbonyl (C=O) groups is 1. The Labute approximate surface area is 109 Å². The highest BCUT2D eigenvalue weighted by Crippen LogP contribution is 2.28. The number of ketones is 1. The third-order valence-electron chi connectivity index (χ3n) is 2.54. The highest BCUT2D eigenvalue weighted by Gasteiger charge is 2.27. The van der Waals surface area contributed by atoms with Gasteiger partial charge in [0, 0.05) is 12.8 Å². The summed E-state index contributed by atoms with van der Waals surface area (Å²) in [7, 11) is 2.93. The van der Waals surface area contributed by atoms with Gasteiger partial charge in [0.05, 0.1) is 20.6 Å². The van der Waals surface area contributed by atoms with Gasteiger partial charge in [-0.2, -0.15) is 13.2 Å². The molecule has 0 bridgehead atoms. The second kappa shape index (κ2) is 6.45. The van der Waals surface area contributed by atoms with Crippen molar-refractivity contribution >= 4 is 5.78 Å². The minimum absolute atomic E-state index is 0.0452. The topological polar surface area (TPSA) is 35.5 Å². The van der Waals surface area contributed by atoms with Gasteiger partial charge in [-0.15, -0.1) is 0 Å². The Kier molecular flexibility index (Phi) is 5.20. The van der Waals surface area contributed by atoms with Crippen LogP contribution in [0.25, 0.3) is 0 Å². The maximum absolute atomic E-state index is 12.0. The highest BCUT2D eigenvalue weighted by atomic mass is 19.4. The predicted octanol–water partition coefficient (Wildman–Crippen LogP) is 3.16. The van der Waals surface area contributed by atoms with Gasteiger partial charge >= 0.3 is 6.18 Å². The normalized spacial score (nSPS) is 11.2. The molecule has 6 heteroatoms. The number of benzene rings is 1. The first-order valence-corrected chi connectivity index (χ1v) is 5.65. The summed E-state index contributed by atoms with van der Waals surface area (Å²) in [5.41, 5.74) is 0.602. The molecule has 0 aromatic heterocycles. The molecular weight excluding hydrogens is 261 g/mol. The van der Waals surface area contributed by atoms with E-state index in [-0.39, 0.29) is 6.42 Å². The molecular formula is C13H15F3O3. The van der Waals surface area contributed by atoms with Crippen molar-refractivity contribution in [1.82, 2.24) is 0 Å². The summed E-state index contributed by atoms with van der Waals surface area (Å²) >= 11 is 0. The first-order chi connectivity index (χ1) is 8.85. The summed E-state index contributed by atoms with van der Waals surface area (Å²) in [5, 5.41) is 0. The number of carbonyl (C=O) groups excluding carboxylic acids is 1. The fourth-order valence-corrected chi connectivity index (χ4v) is 1.59. The lowest BCUT2D eigenvalue weighted by Gasteiger charge is -2.09. The van der Waals surface area contributed by atoms with Crippen molar-refractivity contribution in [3.05, 3.63) is 23.8 Å². The zero-order valence-corrected chi connectivity index (χ0v) is 10.7. The van der Waals surface area contributed by atoms with Crippen LogP contribution in [0.5, 0.6) is 11.5 Å². The van der Waals surface area contributed by atoms with E-state index in [1.54, 1.807) is 18.2 Å². The number of Topliss-reactive ketones (excluding diaryl/α,β-unsaturated/α-hetero) is 1. The minimum Gasteiger partial charge on any atom is -0.493 e. The van der Waals surface area contributed by atoms with Gasteiger partial charge in [0.1, 0.15) is 5.78 Å². The molecule has 0 fully saturated rings. The van der Waals surface area contributed by atoms with E-state index in [1.165, 1.54) is 14.2 Å². The lowest BCUT2D eigenvalue weighted by molar-refractivity contribution is -0.143. The Morgan fingerprint density at radius 2 is 1.79 bits per heavy atom. The van der Waals surface area contributed by atoms with Crippen LogP contribution in [-0.4, -0.2) is 26.2 Å². The molecule has 0 N–H and O–H groups in total. The molecule has 1 rings (SSSR count). The zero-order valence-electron chi connectivity index (χ0n) is 10.7. The Morgan fingerprint density at radius 3 is 2.32 bits per heavy atom. The number of ether oxygens (including phenoxy) is 2. The molecule has 0 atom stereocenters. The Balaban J connectivity index is 2.64. The van der Waals surface area contributed by atoms with Gasteiger partial charge in [-0.3, -0.25) is 4.79 Å². The van der Waals surface area contributed by atoms with E-state index in [0.717, 1.165) is 0 Å². The molecule has 0 radical (unpaired) electrons. The van der Waals surface area contributed by atoms with E-state index in [0.29, 0.717) is 17.1 Å². The van der Waals surface area contributed by atoms with Crippen molar-refractivity contribution < 1.29 is 27.4 Å². The third-order valence-corrected chi connectivity index (χ3v) is 2.54. The quantitative estimate of drug-likeness (QED) is 0.800. The molecule has 3 nitrogen and oxygen atoms in total. The predicted molar refractivity (Wildman–Crippen MR) is 63.5 cm³/mol. The first-order valence-electron chi connectivity index (χ1n) is 5.65. The average molecular weight is 276 g/mol. The molecule has 1 aromatic carbocycles. The molecule has 0 saturated heterocycles. The molecule has 0 aliphatic heterocycles. The third kappa shape index (κ3) is 5.19. The summed E-state index contributed by atoms with van der Waals surface area (Å²) in [6.07, 6.45) is -5.93. The van der Waals surface area contributed by atoms with Crippen molar-refractivity contribution in [3.8, 4) is 11.5 Å². The molecule has 0 unspecified atom stereocenters. The molecule has 1 aromatic rings. The lowest BCUT2D eigenvalue weighted by Crippen LogP contribution is -2.12. The van der Waals surface area contributed by atoms with Gasteiger partial charge in [0.25, 0.3) is 0 Å². The second-order valence-corrected chi connectivity index (χ2v) is 4.02. The monoisotopic (exact) mass is 276 g/mol. The van der Waals surface area contributed by atoms with E-state index in [4.69, 9.17) is 9.47 Å². The SMILES string of the molecule is COc1ccc(CC(=O)CCC(F)(F)F)cc1OC. The van der Waals surface area contributed by atoms with Crippen LogP contribution in [0.3, 0.4) is 0 Å². The first kappa shape index (κ1) is 15.3. The maximum atomic E-state index is 12.0. The molecule has 0 heterocycles. The van der Waals surface area contributed by atoms with Gasteiger partial charge in [0.15, 0.2) is 11.5 Å². The molecule has 0 aliphatic carbocycles. The Morgan fingerprint density at radius 1 is 1.16 bits per heavy atom. The minimum atomic E-state index is -4.30. The Bertz CT molecular complexity index is 441. The average Bonchev–Trinajstić information content (AvgIpc) is 2.35. The van der Waals surface area contributed by atoms with Gasteiger partial charge in [-0.25, -0.2) is 0 Å². The van der Waals surface area contributed by atoms with E-state index in [1.807, 2.05) is 0 Å². The van der Waals surface area contributed by atoms with Crippen molar-refractivity contribution in [1.29, 1.82) is 0 Å². The Hall–Kier alpha value is -1.72. The number of alkyl halides is 3. The lowest BCUT2D eigenvalue weighted by atomic mass is 10.1. The van der Waals surface area contributed by atoms with Crippen LogP contribution in [0.15, 0.2) is 18.2 Å². The summed E-state index contributed by atoms with van der Waals surface area (Å²) < 4.78 is 46.0. The molecule has 0 aliphatic rings. The van der Waals surface area contributed by atoms with Crippen LogP contribution >= 0.6 is 0 Å². The van der Waals surface area contributed by atoms with Gasteiger partial charge < -0.3 is 9.47 Å². The summed E-state index contributed by atoms with van der Waals surface area (Å²) in [6, 6.07) is 4.84. The van der Waals surface area contributed by atoms with Gasteiger partial charge in [-0.05, 0) is 17.7 Å². The second-order valence-electron chi connectivity index (χ2n) is 4.02. The standard InChI is InChI=1S/C13H15F3O3/c1-18-11-4-3-9(8-12(11)19-2)7-10(17)5-6-13(14,15)16/h3-4,8H,5-7H2,1-2H3. The molecule has 0 amide bonds. The van der Waals surface area contributed by atoms with Crippen molar-refractivity contribution in [2.45, 2.75) is 25.4 Å². The van der Waals surface area contributed by atoms with Crippen molar-refractivity contribution in [3.63, 3.8) is 0 Å². The fourth-order valence-electron chi connectivity index (χ4n) is 1.59.